The molecule has 2 unspecified atom stereocenters. The van der Waals surface area contributed by atoms with Gasteiger partial charge >= 0.3 is 5.97 Å². The fraction of sp³-hybridized carbons (Fsp3) is 0.708. The van der Waals surface area contributed by atoms with Gasteiger partial charge in [0.15, 0.2) is 0 Å². The van der Waals surface area contributed by atoms with Crippen molar-refractivity contribution in [1.82, 2.24) is 10.2 Å². The highest BCUT2D eigenvalue weighted by molar-refractivity contribution is 9.10. The number of benzene rings is 1. The number of hydrogen-bond donors (Lipinski definition) is 3. The lowest BCUT2D eigenvalue weighted by Gasteiger charge is -2.41. The summed E-state index contributed by atoms with van der Waals surface area (Å²) in [6, 6.07) is 4.36. The largest absolute Gasteiger partial charge is 0.468 e. The fourth-order valence-corrected chi connectivity index (χ4v) is 6.10. The van der Waals surface area contributed by atoms with Crippen molar-refractivity contribution in [2.45, 2.75) is 94.7 Å². The Morgan fingerprint density at radius 1 is 1.14 bits per heavy atom. The van der Waals surface area contributed by atoms with Crippen molar-refractivity contribution in [2.24, 2.45) is 5.41 Å². The number of nitrogens with zero attached hydrogens (tertiary/aromatic N) is 1. The van der Waals surface area contributed by atoms with E-state index in [1.165, 1.54) is 24.1 Å². The van der Waals surface area contributed by atoms with E-state index in [0.29, 0.717) is 0 Å². The first kappa shape index (κ1) is 29.4. The van der Waals surface area contributed by atoms with Crippen LogP contribution < -0.4 is 5.32 Å². The minimum atomic E-state index is -4.10. The zero-order valence-electron chi connectivity index (χ0n) is 21.1. The van der Waals surface area contributed by atoms with Crippen LogP contribution in [0.1, 0.15) is 52.9 Å². The van der Waals surface area contributed by atoms with Crippen LogP contribution in [0.25, 0.3) is 0 Å². The quantitative estimate of drug-likeness (QED) is 0.211. The Labute approximate surface area is 221 Å². The Morgan fingerprint density at radius 2 is 1.75 bits per heavy atom. The number of rotatable bonds is 10. The van der Waals surface area contributed by atoms with Gasteiger partial charge in [0.1, 0.15) is 12.3 Å². The van der Waals surface area contributed by atoms with Crippen LogP contribution in [0.2, 0.25) is 0 Å². The lowest BCUT2D eigenvalue weighted by molar-refractivity contribution is -0.179. The van der Waals surface area contributed by atoms with Crippen molar-refractivity contribution in [3.05, 3.63) is 28.7 Å². The third-order valence-electron chi connectivity index (χ3n) is 6.66. The standard InChI is InChI=1S/C24H37BrN2O8S/c1-24(2,3)20(26-23(30)34-16-7-5-6-8-16)21(28)27-14-17(13-19(27)22(29)33-4)35-36(31,32)18-11-9-15(25)10-12-18/h9-12,16-17,19-21,23,26,28,30H,5-8,13-14H2,1-4H3/t17-,19-,20+,21?,23?/m0/s1. The number of carbonyl (C=O) groups excluding carboxylic acids is 1. The van der Waals surface area contributed by atoms with E-state index in [0.717, 1.165) is 30.2 Å². The van der Waals surface area contributed by atoms with Crippen molar-refractivity contribution >= 4 is 32.0 Å². The highest BCUT2D eigenvalue weighted by atomic mass is 79.9. The van der Waals surface area contributed by atoms with E-state index in [9.17, 15) is 23.4 Å². The molecular weight excluding hydrogens is 556 g/mol. The molecule has 0 amide bonds. The molecule has 204 valence electrons. The Morgan fingerprint density at radius 3 is 2.31 bits per heavy atom. The second-order valence-corrected chi connectivity index (χ2v) is 12.9. The first-order chi connectivity index (χ1) is 16.8. The van der Waals surface area contributed by atoms with Crippen LogP contribution in [0.5, 0.6) is 0 Å². The van der Waals surface area contributed by atoms with Gasteiger partial charge < -0.3 is 19.7 Å². The topological polar surface area (TPSA) is 135 Å². The van der Waals surface area contributed by atoms with Gasteiger partial charge in [0.2, 0.25) is 6.41 Å². The fourth-order valence-electron chi connectivity index (χ4n) is 4.76. The molecule has 3 N–H and O–H groups in total. The molecule has 0 aromatic heterocycles. The van der Waals surface area contributed by atoms with Crippen molar-refractivity contribution in [3.8, 4) is 0 Å². The lowest BCUT2D eigenvalue weighted by atomic mass is 9.85. The average molecular weight is 594 g/mol. The maximum absolute atomic E-state index is 12.8. The summed E-state index contributed by atoms with van der Waals surface area (Å²) in [5.41, 5.74) is -0.567. The number of carbonyl (C=O) groups is 1. The Hall–Kier alpha value is -1.12. The van der Waals surface area contributed by atoms with Gasteiger partial charge in [-0.3, -0.25) is 19.2 Å². The van der Waals surface area contributed by atoms with Gasteiger partial charge in [0, 0.05) is 17.4 Å². The summed E-state index contributed by atoms with van der Waals surface area (Å²) < 4.78 is 42.5. The number of halogens is 1. The monoisotopic (exact) mass is 592 g/mol. The predicted octanol–water partition coefficient (Wildman–Crippen LogP) is 2.33. The van der Waals surface area contributed by atoms with Crippen LogP contribution in [-0.4, -0.2) is 80.1 Å². The number of ether oxygens (including phenoxy) is 2. The van der Waals surface area contributed by atoms with Gasteiger partial charge in [-0.15, -0.1) is 0 Å². The number of nitrogens with one attached hydrogen (secondary N) is 1. The number of aliphatic hydroxyl groups is 2. The van der Waals surface area contributed by atoms with E-state index in [4.69, 9.17) is 13.7 Å². The molecule has 1 aliphatic heterocycles. The molecule has 0 spiro atoms. The van der Waals surface area contributed by atoms with E-state index in [-0.39, 0.29) is 24.0 Å². The zero-order valence-corrected chi connectivity index (χ0v) is 23.5. The second-order valence-electron chi connectivity index (χ2n) is 10.4. The first-order valence-corrected chi connectivity index (χ1v) is 14.3. The predicted molar refractivity (Wildman–Crippen MR) is 135 cm³/mol. The van der Waals surface area contributed by atoms with Crippen molar-refractivity contribution in [1.29, 1.82) is 0 Å². The van der Waals surface area contributed by atoms with E-state index >= 15 is 0 Å². The second kappa shape index (κ2) is 12.2. The minimum absolute atomic E-state index is 0.0114. The van der Waals surface area contributed by atoms with E-state index in [1.807, 2.05) is 20.8 Å². The van der Waals surface area contributed by atoms with Crippen molar-refractivity contribution in [2.75, 3.05) is 13.7 Å². The molecule has 1 saturated heterocycles. The summed E-state index contributed by atoms with van der Waals surface area (Å²) in [5, 5.41) is 24.9. The lowest BCUT2D eigenvalue weighted by Crippen LogP contribution is -2.60. The van der Waals surface area contributed by atoms with Gasteiger partial charge in [-0.25, -0.2) is 0 Å². The summed E-state index contributed by atoms with van der Waals surface area (Å²) in [5.74, 6) is -0.614. The van der Waals surface area contributed by atoms with Gasteiger partial charge in [0.05, 0.1) is 30.3 Å². The molecule has 2 fully saturated rings. The first-order valence-electron chi connectivity index (χ1n) is 12.1. The van der Waals surface area contributed by atoms with Crippen LogP contribution in [0, 0.1) is 5.41 Å². The van der Waals surface area contributed by atoms with Gasteiger partial charge in [-0.05, 0) is 42.5 Å². The molecular formula is C24H37BrN2O8S. The molecule has 5 atom stereocenters. The third kappa shape index (κ3) is 7.47. The highest BCUT2D eigenvalue weighted by Crippen LogP contribution is 2.32. The molecule has 1 aromatic carbocycles. The number of esters is 1. The average Bonchev–Trinajstić information content (AvgIpc) is 3.45. The zero-order chi connectivity index (χ0) is 26.7. The Balaban J connectivity index is 1.77. The number of hydrogen-bond acceptors (Lipinski definition) is 10. The van der Waals surface area contributed by atoms with Crippen LogP contribution >= 0.6 is 15.9 Å². The normalized spacial score (nSPS) is 24.5. The summed E-state index contributed by atoms with van der Waals surface area (Å²) in [6.07, 6.45) is 0.296. The molecule has 0 radical (unpaired) electrons. The Kier molecular flexibility index (Phi) is 9.94. The summed E-state index contributed by atoms with van der Waals surface area (Å²) in [6.45, 7) is 5.60. The minimum Gasteiger partial charge on any atom is -0.468 e. The molecule has 36 heavy (non-hydrogen) atoms. The van der Waals surface area contributed by atoms with Crippen molar-refractivity contribution in [3.63, 3.8) is 0 Å². The van der Waals surface area contributed by atoms with Gasteiger partial charge in [-0.1, -0.05) is 49.5 Å². The van der Waals surface area contributed by atoms with Gasteiger partial charge in [0.25, 0.3) is 10.1 Å². The molecule has 1 aromatic rings. The molecule has 3 rings (SSSR count). The summed E-state index contributed by atoms with van der Waals surface area (Å²) in [7, 11) is -2.87. The maximum Gasteiger partial charge on any atom is 0.323 e. The smallest absolute Gasteiger partial charge is 0.323 e. The van der Waals surface area contributed by atoms with Crippen LogP contribution in [-0.2, 0) is 28.6 Å². The van der Waals surface area contributed by atoms with Crippen LogP contribution in [0.3, 0.4) is 0 Å². The van der Waals surface area contributed by atoms with E-state index < -0.39 is 52.3 Å². The highest BCUT2D eigenvalue weighted by Gasteiger charge is 2.47. The molecule has 1 saturated carbocycles. The molecule has 1 aliphatic carbocycles. The molecule has 12 heteroatoms. The molecule has 1 heterocycles. The molecule has 2 aliphatic rings. The SMILES string of the molecule is COC(=O)[C@@H]1C[C@H](OS(=O)(=O)c2ccc(Br)cc2)CN1C(O)[C@@H](NC(O)OC1CCCC1)C(C)(C)C. The van der Waals surface area contributed by atoms with E-state index in [1.54, 1.807) is 12.1 Å². The van der Waals surface area contributed by atoms with Crippen LogP contribution in [0.4, 0.5) is 0 Å². The molecule has 0 bridgehead atoms. The summed E-state index contributed by atoms with van der Waals surface area (Å²) >= 11 is 3.27. The summed E-state index contributed by atoms with van der Waals surface area (Å²) in [4.78, 5) is 14.0. The third-order valence-corrected chi connectivity index (χ3v) is 8.56. The van der Waals surface area contributed by atoms with Crippen LogP contribution in [0.15, 0.2) is 33.6 Å². The molecule has 10 nitrogen and oxygen atoms in total. The Bertz CT molecular complexity index is 979. The number of methoxy groups -OCH3 is 1. The number of aliphatic hydroxyl groups excluding tert-OH is 2. The maximum atomic E-state index is 12.8. The number of likely N-dealkylation sites (tertiary alicyclic amines) is 1. The van der Waals surface area contributed by atoms with Gasteiger partial charge in [-0.2, -0.15) is 8.42 Å². The van der Waals surface area contributed by atoms with Crippen molar-refractivity contribution < 1.29 is 37.1 Å². The van der Waals surface area contributed by atoms with E-state index in [2.05, 4.69) is 21.2 Å².